The number of nitrogens with zero attached hydrogens (tertiary/aromatic N) is 4. The number of aliphatic imine (C=N–C) groups is 1. The van der Waals surface area contributed by atoms with Gasteiger partial charge in [0.05, 0.1) is 6.54 Å². The standard InChI is InChI=1S/C17H35N5O/c1-7-18-17(19-8-9-22(14(2)3)15(4)5)21-12-10-20(11-13-21)16(6)23/h14-15H,7-13H2,1-6H3,(H,18,19). The minimum Gasteiger partial charge on any atom is -0.357 e. The third-order valence-electron chi connectivity index (χ3n) is 4.31. The molecule has 1 amide bonds. The minimum absolute atomic E-state index is 0.163. The van der Waals surface area contributed by atoms with Crippen molar-refractivity contribution in [2.24, 2.45) is 4.99 Å². The molecule has 1 aliphatic heterocycles. The fourth-order valence-electron chi connectivity index (χ4n) is 3.04. The Kier molecular flexibility index (Phi) is 8.37. The molecule has 1 fully saturated rings. The van der Waals surface area contributed by atoms with E-state index in [1.54, 1.807) is 6.92 Å². The smallest absolute Gasteiger partial charge is 0.219 e. The van der Waals surface area contributed by atoms with Gasteiger partial charge in [-0.3, -0.25) is 14.7 Å². The van der Waals surface area contributed by atoms with Gasteiger partial charge in [-0.2, -0.15) is 0 Å². The lowest BCUT2D eigenvalue weighted by molar-refractivity contribution is -0.130. The van der Waals surface area contributed by atoms with E-state index in [1.807, 2.05) is 4.90 Å². The van der Waals surface area contributed by atoms with Crippen molar-refractivity contribution in [2.75, 3.05) is 45.8 Å². The Morgan fingerprint density at radius 2 is 1.61 bits per heavy atom. The highest BCUT2D eigenvalue weighted by atomic mass is 16.2. The van der Waals surface area contributed by atoms with E-state index >= 15 is 0 Å². The SMILES string of the molecule is CCNC(=NCCN(C(C)C)C(C)C)N1CCN(C(C)=O)CC1. The van der Waals surface area contributed by atoms with Crippen molar-refractivity contribution in [3.05, 3.63) is 0 Å². The Morgan fingerprint density at radius 1 is 1.09 bits per heavy atom. The van der Waals surface area contributed by atoms with Crippen LogP contribution in [0.15, 0.2) is 4.99 Å². The Bertz CT molecular complexity index is 378. The third kappa shape index (κ3) is 6.37. The molecule has 1 rings (SSSR count). The second-order valence-corrected chi connectivity index (χ2v) is 6.65. The van der Waals surface area contributed by atoms with E-state index in [9.17, 15) is 4.79 Å². The van der Waals surface area contributed by atoms with Crippen molar-refractivity contribution in [3.8, 4) is 0 Å². The molecule has 0 radical (unpaired) electrons. The van der Waals surface area contributed by atoms with Crippen LogP contribution in [0.4, 0.5) is 0 Å². The van der Waals surface area contributed by atoms with Crippen molar-refractivity contribution < 1.29 is 4.79 Å². The van der Waals surface area contributed by atoms with Gasteiger partial charge in [-0.05, 0) is 34.6 Å². The van der Waals surface area contributed by atoms with Gasteiger partial charge in [-0.25, -0.2) is 0 Å². The first-order chi connectivity index (χ1) is 10.9. The average molecular weight is 326 g/mol. The molecule has 6 nitrogen and oxygen atoms in total. The monoisotopic (exact) mass is 325 g/mol. The van der Waals surface area contributed by atoms with E-state index in [0.717, 1.165) is 51.8 Å². The first kappa shape index (κ1) is 19.7. The van der Waals surface area contributed by atoms with Gasteiger partial charge in [0.25, 0.3) is 0 Å². The number of guanidine groups is 1. The van der Waals surface area contributed by atoms with E-state index in [-0.39, 0.29) is 5.91 Å². The number of piperazine rings is 1. The molecule has 0 aromatic rings. The van der Waals surface area contributed by atoms with Crippen LogP contribution in [0.5, 0.6) is 0 Å². The summed E-state index contributed by atoms with van der Waals surface area (Å²) in [5.41, 5.74) is 0. The molecule has 134 valence electrons. The van der Waals surface area contributed by atoms with E-state index in [2.05, 4.69) is 49.7 Å². The predicted molar refractivity (Wildman–Crippen MR) is 96.8 cm³/mol. The van der Waals surface area contributed by atoms with Crippen LogP contribution in [-0.4, -0.2) is 84.5 Å². The zero-order valence-electron chi connectivity index (χ0n) is 15.8. The van der Waals surface area contributed by atoms with E-state index in [4.69, 9.17) is 4.99 Å². The van der Waals surface area contributed by atoms with Gasteiger partial charge < -0.3 is 15.1 Å². The first-order valence-corrected chi connectivity index (χ1v) is 8.91. The summed E-state index contributed by atoms with van der Waals surface area (Å²) in [4.78, 5) is 22.9. The summed E-state index contributed by atoms with van der Waals surface area (Å²) in [6, 6.07) is 1.07. The molecular weight excluding hydrogens is 290 g/mol. The van der Waals surface area contributed by atoms with E-state index in [0.29, 0.717) is 12.1 Å². The van der Waals surface area contributed by atoms with Crippen LogP contribution in [0.2, 0.25) is 0 Å². The number of carbonyl (C=O) groups is 1. The second-order valence-electron chi connectivity index (χ2n) is 6.65. The highest BCUT2D eigenvalue weighted by Gasteiger charge is 2.21. The van der Waals surface area contributed by atoms with Crippen LogP contribution in [0.25, 0.3) is 0 Å². The average Bonchev–Trinajstić information content (AvgIpc) is 2.49. The first-order valence-electron chi connectivity index (χ1n) is 8.91. The maximum atomic E-state index is 11.4. The molecule has 1 aliphatic rings. The molecule has 1 N–H and O–H groups in total. The Morgan fingerprint density at radius 3 is 2.04 bits per heavy atom. The number of hydrogen-bond acceptors (Lipinski definition) is 3. The summed E-state index contributed by atoms with van der Waals surface area (Å²) in [5, 5.41) is 3.38. The van der Waals surface area contributed by atoms with Gasteiger partial charge in [0.1, 0.15) is 0 Å². The number of hydrogen-bond donors (Lipinski definition) is 1. The molecule has 0 aromatic heterocycles. The molecular formula is C17H35N5O. The van der Waals surface area contributed by atoms with E-state index < -0.39 is 0 Å². The summed E-state index contributed by atoms with van der Waals surface area (Å²) in [5.74, 6) is 1.14. The summed E-state index contributed by atoms with van der Waals surface area (Å²) in [6.07, 6.45) is 0. The van der Waals surface area contributed by atoms with Crippen LogP contribution >= 0.6 is 0 Å². The van der Waals surface area contributed by atoms with E-state index in [1.165, 1.54) is 0 Å². The molecule has 1 heterocycles. The lowest BCUT2D eigenvalue weighted by Crippen LogP contribution is -2.53. The summed E-state index contributed by atoms with van der Waals surface area (Å²) in [6.45, 7) is 18.6. The molecule has 0 aromatic carbocycles. The molecule has 0 atom stereocenters. The third-order valence-corrected chi connectivity index (χ3v) is 4.31. The fraction of sp³-hybridized carbons (Fsp3) is 0.882. The highest BCUT2D eigenvalue weighted by Crippen LogP contribution is 2.05. The second kappa shape index (κ2) is 9.75. The van der Waals surface area contributed by atoms with Crippen molar-refractivity contribution in [1.82, 2.24) is 20.0 Å². The molecule has 0 aliphatic carbocycles. The normalized spacial score (nSPS) is 16.7. The maximum Gasteiger partial charge on any atom is 0.219 e. The van der Waals surface area contributed by atoms with Crippen LogP contribution < -0.4 is 5.32 Å². The number of amides is 1. The van der Waals surface area contributed by atoms with Gasteiger partial charge in [-0.15, -0.1) is 0 Å². The zero-order chi connectivity index (χ0) is 17.4. The largest absolute Gasteiger partial charge is 0.357 e. The molecule has 0 unspecified atom stereocenters. The van der Waals surface area contributed by atoms with Crippen LogP contribution in [-0.2, 0) is 4.79 Å². The lowest BCUT2D eigenvalue weighted by atomic mass is 10.2. The molecule has 0 saturated carbocycles. The van der Waals surface area contributed by atoms with Crippen LogP contribution in [0.3, 0.4) is 0 Å². The van der Waals surface area contributed by atoms with Gasteiger partial charge >= 0.3 is 0 Å². The molecule has 1 saturated heterocycles. The minimum atomic E-state index is 0.163. The van der Waals surface area contributed by atoms with Crippen LogP contribution in [0.1, 0.15) is 41.5 Å². The molecule has 6 heteroatoms. The van der Waals surface area contributed by atoms with Crippen molar-refractivity contribution in [3.63, 3.8) is 0 Å². The van der Waals surface area contributed by atoms with Crippen molar-refractivity contribution in [1.29, 1.82) is 0 Å². The van der Waals surface area contributed by atoms with Crippen molar-refractivity contribution in [2.45, 2.75) is 53.6 Å². The maximum absolute atomic E-state index is 11.4. The Hall–Kier alpha value is -1.30. The highest BCUT2D eigenvalue weighted by molar-refractivity contribution is 5.80. The Labute approximate surface area is 141 Å². The van der Waals surface area contributed by atoms with Gasteiger partial charge in [-0.1, -0.05) is 0 Å². The van der Waals surface area contributed by atoms with Gasteiger partial charge in [0.15, 0.2) is 5.96 Å². The van der Waals surface area contributed by atoms with Gasteiger partial charge in [0.2, 0.25) is 5.91 Å². The van der Waals surface area contributed by atoms with Crippen LogP contribution in [0, 0.1) is 0 Å². The molecule has 0 spiro atoms. The topological polar surface area (TPSA) is 51.2 Å². The number of carbonyl (C=O) groups excluding carboxylic acids is 1. The van der Waals surface area contributed by atoms with Gasteiger partial charge in [0, 0.05) is 58.3 Å². The lowest BCUT2D eigenvalue weighted by Gasteiger charge is -2.36. The quantitative estimate of drug-likeness (QED) is 0.590. The summed E-state index contributed by atoms with van der Waals surface area (Å²) < 4.78 is 0. The summed E-state index contributed by atoms with van der Waals surface area (Å²) >= 11 is 0. The van der Waals surface area contributed by atoms with Crippen molar-refractivity contribution >= 4 is 11.9 Å². The summed E-state index contributed by atoms with van der Waals surface area (Å²) in [7, 11) is 0. The zero-order valence-corrected chi connectivity index (χ0v) is 15.8. The molecule has 23 heavy (non-hydrogen) atoms. The molecule has 0 bridgehead atoms. The predicted octanol–water partition coefficient (Wildman–Crippen LogP) is 1.23. The number of rotatable bonds is 6. The Balaban J connectivity index is 2.58. The number of nitrogens with one attached hydrogen (secondary N) is 1. The fourth-order valence-corrected chi connectivity index (χ4v) is 3.04.